The number of carbonyl (C=O) groups is 1. The molecule has 0 unspecified atom stereocenters. The molecule has 1 atom stereocenters. The number of rotatable bonds is 6. The van der Waals surface area contributed by atoms with Gasteiger partial charge in [-0.15, -0.1) is 12.4 Å². The fourth-order valence-corrected chi connectivity index (χ4v) is 1.46. The number of ether oxygens (including phenoxy) is 1. The highest BCUT2D eigenvalue weighted by molar-refractivity contribution is 5.85. The van der Waals surface area contributed by atoms with Crippen molar-refractivity contribution in [3.8, 4) is 0 Å². The molecule has 1 saturated heterocycles. The number of nitrogens with one attached hydrogen (secondary N) is 1. The summed E-state index contributed by atoms with van der Waals surface area (Å²) in [4.78, 5) is 13.6. The zero-order valence-corrected chi connectivity index (χ0v) is 10.3. The average molecular weight is 237 g/mol. The number of halogens is 1. The Kier molecular flexibility index (Phi) is 7.74. The van der Waals surface area contributed by atoms with Crippen molar-refractivity contribution in [2.24, 2.45) is 0 Å². The molecule has 4 nitrogen and oxygen atoms in total. The predicted octanol–water partition coefficient (Wildman–Crippen LogP) is 0.655. The van der Waals surface area contributed by atoms with Gasteiger partial charge in [0.2, 0.25) is 5.91 Å². The van der Waals surface area contributed by atoms with E-state index in [9.17, 15) is 4.79 Å². The van der Waals surface area contributed by atoms with E-state index in [2.05, 4.69) is 5.32 Å². The molecule has 0 bridgehead atoms. The topological polar surface area (TPSA) is 41.6 Å². The molecular weight excluding hydrogens is 216 g/mol. The lowest BCUT2D eigenvalue weighted by Crippen LogP contribution is -2.54. The molecule has 1 aliphatic heterocycles. The Morgan fingerprint density at radius 2 is 2.20 bits per heavy atom. The molecule has 0 aliphatic carbocycles. The Balaban J connectivity index is 0.00000196. The second-order valence-electron chi connectivity index (χ2n) is 3.41. The second kappa shape index (κ2) is 7.91. The molecule has 0 saturated carbocycles. The van der Waals surface area contributed by atoms with E-state index >= 15 is 0 Å². The molecular formula is C10H21ClN2O2. The number of carbonyl (C=O) groups excluding carboxylic acids is 1. The van der Waals surface area contributed by atoms with Crippen molar-refractivity contribution in [3.05, 3.63) is 0 Å². The summed E-state index contributed by atoms with van der Waals surface area (Å²) >= 11 is 0. The summed E-state index contributed by atoms with van der Waals surface area (Å²) in [5.74, 6) is 0.221. The summed E-state index contributed by atoms with van der Waals surface area (Å²) in [5, 5.41) is 3.12. The standard InChI is InChI=1S/C10H20N2O2.ClH/c1-3-12(7-8-14-4-2)10(13)9-5-6-11-9;/h9,11H,3-8H2,1-2H3;1H/t9-;/m1./s1. The van der Waals surface area contributed by atoms with Crippen LogP contribution in [0.2, 0.25) is 0 Å². The van der Waals surface area contributed by atoms with Crippen molar-refractivity contribution < 1.29 is 9.53 Å². The van der Waals surface area contributed by atoms with Gasteiger partial charge >= 0.3 is 0 Å². The summed E-state index contributed by atoms with van der Waals surface area (Å²) in [5.41, 5.74) is 0. The van der Waals surface area contributed by atoms with Crippen molar-refractivity contribution >= 4 is 18.3 Å². The quantitative estimate of drug-likeness (QED) is 0.689. The first kappa shape index (κ1) is 14.7. The van der Waals surface area contributed by atoms with Crippen LogP contribution in [0, 0.1) is 0 Å². The SMILES string of the molecule is CCOCCN(CC)C(=O)[C@H]1CCN1.Cl. The van der Waals surface area contributed by atoms with E-state index in [0.717, 1.165) is 19.5 Å². The van der Waals surface area contributed by atoms with Gasteiger partial charge in [-0.05, 0) is 26.8 Å². The molecule has 0 radical (unpaired) electrons. The molecule has 0 aromatic rings. The van der Waals surface area contributed by atoms with Crippen molar-refractivity contribution in [3.63, 3.8) is 0 Å². The molecule has 1 aliphatic rings. The molecule has 1 fully saturated rings. The number of hydrogen-bond donors (Lipinski definition) is 1. The van der Waals surface area contributed by atoms with Gasteiger partial charge in [-0.25, -0.2) is 0 Å². The first-order valence-corrected chi connectivity index (χ1v) is 5.39. The maximum absolute atomic E-state index is 11.8. The Morgan fingerprint density at radius 1 is 1.53 bits per heavy atom. The van der Waals surface area contributed by atoms with E-state index in [1.165, 1.54) is 0 Å². The van der Waals surface area contributed by atoms with E-state index in [0.29, 0.717) is 19.8 Å². The Labute approximate surface area is 97.8 Å². The Hall–Kier alpha value is -0.320. The summed E-state index contributed by atoms with van der Waals surface area (Å²) < 4.78 is 5.23. The van der Waals surface area contributed by atoms with Crippen LogP contribution in [0.3, 0.4) is 0 Å². The maximum atomic E-state index is 11.8. The highest BCUT2D eigenvalue weighted by Crippen LogP contribution is 2.06. The first-order valence-electron chi connectivity index (χ1n) is 5.39. The number of likely N-dealkylation sites (N-methyl/N-ethyl adjacent to an activating group) is 1. The van der Waals surface area contributed by atoms with E-state index in [1.807, 2.05) is 18.7 Å². The highest BCUT2D eigenvalue weighted by atomic mass is 35.5. The third kappa shape index (κ3) is 4.36. The molecule has 15 heavy (non-hydrogen) atoms. The Morgan fingerprint density at radius 3 is 2.60 bits per heavy atom. The van der Waals surface area contributed by atoms with Crippen LogP contribution in [0.4, 0.5) is 0 Å². The molecule has 0 aromatic carbocycles. The third-order valence-corrected chi connectivity index (χ3v) is 2.52. The van der Waals surface area contributed by atoms with Crippen LogP contribution in [0.1, 0.15) is 20.3 Å². The molecule has 1 rings (SSSR count). The van der Waals surface area contributed by atoms with Gasteiger partial charge in [-0.3, -0.25) is 4.79 Å². The minimum Gasteiger partial charge on any atom is -0.380 e. The van der Waals surface area contributed by atoms with E-state index in [1.54, 1.807) is 0 Å². The fraction of sp³-hybridized carbons (Fsp3) is 0.900. The summed E-state index contributed by atoms with van der Waals surface area (Å²) in [6, 6.07) is 0.0663. The number of nitrogens with zero attached hydrogens (tertiary/aromatic N) is 1. The van der Waals surface area contributed by atoms with Gasteiger partial charge in [0.15, 0.2) is 0 Å². The monoisotopic (exact) mass is 236 g/mol. The van der Waals surface area contributed by atoms with Crippen molar-refractivity contribution in [1.29, 1.82) is 0 Å². The van der Waals surface area contributed by atoms with Gasteiger partial charge in [0.05, 0.1) is 12.6 Å². The molecule has 1 N–H and O–H groups in total. The zero-order chi connectivity index (χ0) is 10.4. The molecule has 1 heterocycles. The van der Waals surface area contributed by atoms with Gasteiger partial charge in [0, 0.05) is 19.7 Å². The molecule has 5 heteroatoms. The van der Waals surface area contributed by atoms with Gasteiger partial charge in [0.25, 0.3) is 0 Å². The normalized spacial score (nSPS) is 18.9. The fourth-order valence-electron chi connectivity index (χ4n) is 1.46. The van der Waals surface area contributed by atoms with Crippen molar-refractivity contribution in [2.75, 3.05) is 32.8 Å². The van der Waals surface area contributed by atoms with Crippen LogP contribution in [0.5, 0.6) is 0 Å². The summed E-state index contributed by atoms with van der Waals surface area (Å²) in [6.45, 7) is 7.77. The lowest BCUT2D eigenvalue weighted by atomic mass is 10.1. The van der Waals surface area contributed by atoms with Gasteiger partial charge < -0.3 is 15.0 Å². The summed E-state index contributed by atoms with van der Waals surface area (Å²) in [7, 11) is 0. The smallest absolute Gasteiger partial charge is 0.239 e. The minimum atomic E-state index is 0. The molecule has 1 amide bonds. The molecule has 90 valence electrons. The lowest BCUT2D eigenvalue weighted by molar-refractivity contribution is -0.135. The van der Waals surface area contributed by atoms with Crippen LogP contribution < -0.4 is 5.32 Å². The lowest BCUT2D eigenvalue weighted by Gasteiger charge is -2.32. The number of hydrogen-bond acceptors (Lipinski definition) is 3. The van der Waals surface area contributed by atoms with E-state index in [-0.39, 0.29) is 24.4 Å². The Bertz CT molecular complexity index is 186. The first-order chi connectivity index (χ1) is 6.79. The van der Waals surface area contributed by atoms with E-state index < -0.39 is 0 Å². The van der Waals surface area contributed by atoms with Gasteiger partial charge in [0.1, 0.15) is 0 Å². The van der Waals surface area contributed by atoms with E-state index in [4.69, 9.17) is 4.74 Å². The minimum absolute atomic E-state index is 0. The van der Waals surface area contributed by atoms with Crippen molar-refractivity contribution in [2.45, 2.75) is 26.3 Å². The van der Waals surface area contributed by atoms with Crippen LogP contribution in [-0.2, 0) is 9.53 Å². The molecule has 0 aromatic heterocycles. The zero-order valence-electron chi connectivity index (χ0n) is 9.49. The van der Waals surface area contributed by atoms with Gasteiger partial charge in [-0.2, -0.15) is 0 Å². The van der Waals surface area contributed by atoms with Gasteiger partial charge in [-0.1, -0.05) is 0 Å². The average Bonchev–Trinajstić information content (AvgIpc) is 2.09. The van der Waals surface area contributed by atoms with Crippen LogP contribution in [0.15, 0.2) is 0 Å². The van der Waals surface area contributed by atoms with Crippen molar-refractivity contribution in [1.82, 2.24) is 10.2 Å². The largest absolute Gasteiger partial charge is 0.380 e. The van der Waals surface area contributed by atoms with Crippen LogP contribution in [-0.4, -0.2) is 49.7 Å². The highest BCUT2D eigenvalue weighted by Gasteiger charge is 2.27. The summed E-state index contributed by atoms with van der Waals surface area (Å²) in [6.07, 6.45) is 0.976. The van der Waals surface area contributed by atoms with Crippen LogP contribution >= 0.6 is 12.4 Å². The maximum Gasteiger partial charge on any atom is 0.239 e. The third-order valence-electron chi connectivity index (χ3n) is 2.52. The second-order valence-corrected chi connectivity index (χ2v) is 3.41. The predicted molar refractivity (Wildman–Crippen MR) is 62.4 cm³/mol. The number of amides is 1. The molecule has 0 spiro atoms. The van der Waals surface area contributed by atoms with Crippen LogP contribution in [0.25, 0.3) is 0 Å².